The largest absolute Gasteiger partial charge is 0.400 e. The van der Waals surface area contributed by atoms with E-state index in [1.807, 2.05) is 19.1 Å². The molecule has 2 aromatic carbocycles. The molecule has 0 aliphatic carbocycles. The average molecular weight is 328 g/mol. The molecule has 0 fully saturated rings. The van der Waals surface area contributed by atoms with Crippen molar-refractivity contribution >= 4 is 12.1 Å². The lowest BCUT2D eigenvalue weighted by atomic mass is 10.1. The number of aldehydes is 1. The maximum absolute atomic E-state index is 11.4. The highest BCUT2D eigenvalue weighted by atomic mass is 16.2. The molecule has 3 nitrogen and oxygen atoms in total. The quantitative estimate of drug-likeness (QED) is 0.631. The summed E-state index contributed by atoms with van der Waals surface area (Å²) in [5.74, 6) is 0.0344. The van der Waals surface area contributed by atoms with Gasteiger partial charge in [-0.1, -0.05) is 73.5 Å². The summed E-state index contributed by atoms with van der Waals surface area (Å²) in [5, 5.41) is 7.00. The fourth-order valence-corrected chi connectivity index (χ4v) is 2.01. The van der Waals surface area contributed by atoms with Gasteiger partial charge in [0.1, 0.15) is 6.29 Å². The fourth-order valence-electron chi connectivity index (χ4n) is 2.01. The van der Waals surface area contributed by atoms with Crippen LogP contribution in [0.4, 0.5) is 0 Å². The number of carbonyl (C=O) groups excluding carboxylic acids is 2. The van der Waals surface area contributed by atoms with Gasteiger partial charge in [0, 0.05) is 25.5 Å². The number of carbonyl (C=O) groups is 2. The number of ketones is 1. The number of Topliss-reactive ketones (excluding diaryl/α,β-unsaturated/α-hetero) is 1. The van der Waals surface area contributed by atoms with E-state index in [2.05, 4.69) is 37.3 Å². The molecule has 0 atom stereocenters. The highest BCUT2D eigenvalue weighted by Gasteiger charge is 2.03. The third-order valence-electron chi connectivity index (χ3n) is 3.24. The van der Waals surface area contributed by atoms with Gasteiger partial charge in [0.2, 0.25) is 0 Å². The Labute approximate surface area is 145 Å². The third-order valence-corrected chi connectivity index (χ3v) is 3.24. The zero-order valence-electron chi connectivity index (χ0n) is 14.9. The maximum Gasteiger partial charge on any atom is 0.163 e. The van der Waals surface area contributed by atoms with Crippen molar-refractivity contribution < 1.29 is 14.7 Å². The molecule has 0 saturated heterocycles. The number of aliphatic hydroxyl groups excluding tert-OH is 1. The lowest BCUT2D eigenvalue weighted by Crippen LogP contribution is -1.98. The van der Waals surface area contributed by atoms with Crippen LogP contribution in [0.5, 0.6) is 0 Å². The predicted octanol–water partition coefficient (Wildman–Crippen LogP) is 4.40. The summed E-state index contributed by atoms with van der Waals surface area (Å²) in [5.41, 5.74) is 3.26. The number of aryl methyl sites for hydroxylation is 2. The van der Waals surface area contributed by atoms with Gasteiger partial charge in [-0.25, -0.2) is 0 Å². The van der Waals surface area contributed by atoms with Gasteiger partial charge in [0.25, 0.3) is 0 Å². The molecule has 0 spiro atoms. The Morgan fingerprint density at radius 2 is 1.58 bits per heavy atom. The van der Waals surface area contributed by atoms with E-state index in [9.17, 15) is 9.59 Å². The van der Waals surface area contributed by atoms with E-state index in [0.29, 0.717) is 18.4 Å². The first-order valence-electron chi connectivity index (χ1n) is 8.19. The van der Waals surface area contributed by atoms with Crippen molar-refractivity contribution in [2.45, 2.75) is 39.5 Å². The average Bonchev–Trinajstić information content (AvgIpc) is 2.64. The summed E-state index contributed by atoms with van der Waals surface area (Å²) in [6.07, 6.45) is 3.84. The molecule has 0 saturated carbocycles. The number of hydrogen-bond acceptors (Lipinski definition) is 3. The van der Waals surface area contributed by atoms with Gasteiger partial charge in [-0.15, -0.1) is 0 Å². The van der Waals surface area contributed by atoms with Gasteiger partial charge >= 0.3 is 0 Å². The summed E-state index contributed by atoms with van der Waals surface area (Å²) in [6, 6.07) is 18.0. The second-order valence-corrected chi connectivity index (χ2v) is 5.23. The second kappa shape index (κ2) is 14.3. The van der Waals surface area contributed by atoms with Crippen LogP contribution < -0.4 is 0 Å². The number of aliphatic hydroxyl groups is 1. The number of hydrogen-bond donors (Lipinski definition) is 1. The summed E-state index contributed by atoms with van der Waals surface area (Å²) in [7, 11) is 1.00. The fraction of sp³-hybridized carbons (Fsp3) is 0.333. The number of benzene rings is 2. The van der Waals surface area contributed by atoms with Crippen LogP contribution in [0.15, 0.2) is 54.6 Å². The maximum atomic E-state index is 11.4. The molecule has 0 radical (unpaired) electrons. The van der Waals surface area contributed by atoms with E-state index < -0.39 is 0 Å². The van der Waals surface area contributed by atoms with E-state index in [1.54, 1.807) is 12.1 Å². The Hall–Kier alpha value is -2.26. The van der Waals surface area contributed by atoms with Gasteiger partial charge in [-0.3, -0.25) is 4.79 Å². The minimum atomic E-state index is 0.0344. The Balaban J connectivity index is 0.000000420. The normalized spacial score (nSPS) is 9.00. The minimum absolute atomic E-state index is 0.0344. The highest BCUT2D eigenvalue weighted by Crippen LogP contribution is 2.06. The molecule has 2 aromatic rings. The molecular formula is C21H28O3. The van der Waals surface area contributed by atoms with Crippen molar-refractivity contribution in [3.8, 4) is 0 Å². The van der Waals surface area contributed by atoms with Crippen LogP contribution in [0.2, 0.25) is 0 Å². The molecule has 3 heteroatoms. The Bertz CT molecular complexity index is 559. The highest BCUT2D eigenvalue weighted by molar-refractivity contribution is 5.96. The van der Waals surface area contributed by atoms with Crippen LogP contribution in [0, 0.1) is 6.92 Å². The Morgan fingerprint density at radius 1 is 1.00 bits per heavy atom. The summed E-state index contributed by atoms with van der Waals surface area (Å²) >= 11 is 0. The molecule has 130 valence electrons. The molecule has 0 aromatic heterocycles. The molecule has 0 bridgehead atoms. The van der Waals surface area contributed by atoms with Crippen molar-refractivity contribution in [2.75, 3.05) is 7.11 Å². The second-order valence-electron chi connectivity index (χ2n) is 5.23. The summed E-state index contributed by atoms with van der Waals surface area (Å²) in [4.78, 5) is 21.4. The van der Waals surface area contributed by atoms with Crippen LogP contribution in [-0.2, 0) is 11.2 Å². The molecule has 0 aliphatic rings. The van der Waals surface area contributed by atoms with Crippen molar-refractivity contribution in [1.29, 1.82) is 0 Å². The van der Waals surface area contributed by atoms with E-state index in [4.69, 9.17) is 5.11 Å². The van der Waals surface area contributed by atoms with E-state index in [0.717, 1.165) is 19.0 Å². The SMILES string of the molecule is CCCc1ccccc1.CO.Cc1ccc(C(=O)CCC=O)cc1. The standard InChI is InChI=1S/C11H12O2.C9H12.CH4O/c1-9-4-6-10(7-5-9)11(13)3-2-8-12;1-2-6-9-7-4-3-5-8-9;1-2/h4-8H,2-3H2,1H3;3-5,7-8H,2,6H2,1H3;2H,1H3. The lowest BCUT2D eigenvalue weighted by molar-refractivity contribution is -0.107. The van der Waals surface area contributed by atoms with Gasteiger partial charge in [-0.05, 0) is 18.9 Å². The molecule has 24 heavy (non-hydrogen) atoms. The van der Waals surface area contributed by atoms with Crippen molar-refractivity contribution in [3.05, 3.63) is 71.3 Å². The van der Waals surface area contributed by atoms with E-state index in [1.165, 1.54) is 18.4 Å². The summed E-state index contributed by atoms with van der Waals surface area (Å²) < 4.78 is 0. The van der Waals surface area contributed by atoms with Crippen LogP contribution >= 0.6 is 0 Å². The topological polar surface area (TPSA) is 54.4 Å². The molecule has 2 rings (SSSR count). The number of rotatable bonds is 6. The summed E-state index contributed by atoms with van der Waals surface area (Å²) in [6.45, 7) is 4.17. The molecule has 0 heterocycles. The first kappa shape index (κ1) is 21.7. The zero-order valence-corrected chi connectivity index (χ0v) is 14.9. The molecule has 0 unspecified atom stereocenters. The molecular weight excluding hydrogens is 300 g/mol. The Morgan fingerprint density at radius 3 is 2.08 bits per heavy atom. The predicted molar refractivity (Wildman–Crippen MR) is 99.4 cm³/mol. The molecule has 1 N–H and O–H groups in total. The van der Waals surface area contributed by atoms with Crippen molar-refractivity contribution in [3.63, 3.8) is 0 Å². The minimum Gasteiger partial charge on any atom is -0.400 e. The van der Waals surface area contributed by atoms with Gasteiger partial charge < -0.3 is 9.90 Å². The van der Waals surface area contributed by atoms with E-state index >= 15 is 0 Å². The van der Waals surface area contributed by atoms with Crippen molar-refractivity contribution in [1.82, 2.24) is 0 Å². The monoisotopic (exact) mass is 328 g/mol. The van der Waals surface area contributed by atoms with Gasteiger partial charge in [-0.2, -0.15) is 0 Å². The van der Waals surface area contributed by atoms with Crippen LogP contribution in [0.3, 0.4) is 0 Å². The molecule has 0 aliphatic heterocycles. The first-order valence-corrected chi connectivity index (χ1v) is 8.19. The molecule has 0 amide bonds. The van der Waals surface area contributed by atoms with Gasteiger partial charge in [0.05, 0.1) is 0 Å². The smallest absolute Gasteiger partial charge is 0.163 e. The van der Waals surface area contributed by atoms with E-state index in [-0.39, 0.29) is 5.78 Å². The lowest BCUT2D eigenvalue weighted by Gasteiger charge is -1.98. The first-order chi connectivity index (χ1) is 11.7. The Kier molecular flexibility index (Phi) is 13.0. The van der Waals surface area contributed by atoms with Crippen LogP contribution in [0.1, 0.15) is 47.7 Å². The third kappa shape index (κ3) is 9.70. The zero-order chi connectivity index (χ0) is 18.2. The van der Waals surface area contributed by atoms with Crippen LogP contribution in [-0.4, -0.2) is 24.3 Å². The van der Waals surface area contributed by atoms with Crippen LogP contribution in [0.25, 0.3) is 0 Å². The van der Waals surface area contributed by atoms with Crippen molar-refractivity contribution in [2.24, 2.45) is 0 Å². The van der Waals surface area contributed by atoms with Gasteiger partial charge in [0.15, 0.2) is 5.78 Å².